The van der Waals surface area contributed by atoms with E-state index in [0.717, 1.165) is 23.1 Å². The van der Waals surface area contributed by atoms with Crippen molar-refractivity contribution < 1.29 is 14.7 Å². The molecule has 4 N–H and O–H groups in total. The van der Waals surface area contributed by atoms with Crippen molar-refractivity contribution in [1.29, 1.82) is 5.26 Å². The number of aromatic nitrogens is 1. The highest BCUT2D eigenvalue weighted by atomic mass is 16.4. The van der Waals surface area contributed by atoms with Gasteiger partial charge in [-0.3, -0.25) is 14.6 Å². The Hall–Kier alpha value is -3.99. The monoisotopic (exact) mass is 433 g/mol. The minimum atomic E-state index is -1.17. The van der Waals surface area contributed by atoms with Crippen molar-refractivity contribution in [3.63, 3.8) is 0 Å². The van der Waals surface area contributed by atoms with Gasteiger partial charge in [-0.2, -0.15) is 5.26 Å². The fourth-order valence-electron chi connectivity index (χ4n) is 3.02. The summed E-state index contributed by atoms with van der Waals surface area (Å²) in [5, 5.41) is 21.3. The van der Waals surface area contributed by atoms with Gasteiger partial charge in [-0.15, -0.1) is 0 Å². The number of amides is 1. The number of aliphatic imine (C=N–C) groups is 1. The van der Waals surface area contributed by atoms with Gasteiger partial charge in [-0.1, -0.05) is 31.2 Å². The SMILES string of the molecule is CCCNC(=Nc1cccc(/C(=C\CCCC(=O)O)c2cccnc2)c1)C(C#N)C(N)=O. The molecule has 8 nitrogen and oxygen atoms in total. The highest BCUT2D eigenvalue weighted by Gasteiger charge is 2.21. The standard InChI is InChI=1S/C24H27N5O3/c1-2-12-28-24(21(15-25)23(26)32)29-19-9-5-7-17(14-19)20(10-3-4-11-22(30)31)18-8-6-13-27-16-18/h5-10,13-14,16,21H,2-4,11-12H2,1H3,(H2,26,32)(H,28,29)(H,30,31)/b20-10+. The average Bonchev–Trinajstić information content (AvgIpc) is 2.78. The van der Waals surface area contributed by atoms with E-state index in [4.69, 9.17) is 10.8 Å². The predicted molar refractivity (Wildman–Crippen MR) is 123 cm³/mol. The number of nitrogens with one attached hydrogen (secondary N) is 1. The molecule has 0 radical (unpaired) electrons. The maximum atomic E-state index is 11.7. The quantitative estimate of drug-likeness (QED) is 0.282. The van der Waals surface area contributed by atoms with Crippen molar-refractivity contribution in [3.8, 4) is 6.07 Å². The molecule has 0 saturated carbocycles. The van der Waals surface area contributed by atoms with Gasteiger partial charge in [-0.25, -0.2) is 4.99 Å². The van der Waals surface area contributed by atoms with Gasteiger partial charge in [0.25, 0.3) is 0 Å². The molecule has 1 heterocycles. The van der Waals surface area contributed by atoms with Gasteiger partial charge in [0.2, 0.25) is 5.91 Å². The minimum Gasteiger partial charge on any atom is -0.481 e. The number of rotatable bonds is 11. The van der Waals surface area contributed by atoms with Crippen LogP contribution in [0.15, 0.2) is 59.9 Å². The Bertz CT molecular complexity index is 1030. The lowest BCUT2D eigenvalue weighted by Gasteiger charge is -2.13. The summed E-state index contributed by atoms with van der Waals surface area (Å²) < 4.78 is 0. The van der Waals surface area contributed by atoms with Crippen LogP contribution in [0, 0.1) is 17.2 Å². The zero-order valence-electron chi connectivity index (χ0n) is 18.0. The molecule has 1 atom stereocenters. The van der Waals surface area contributed by atoms with E-state index >= 15 is 0 Å². The Kier molecular flexibility index (Phi) is 9.60. The highest BCUT2D eigenvalue weighted by Crippen LogP contribution is 2.27. The lowest BCUT2D eigenvalue weighted by Crippen LogP contribution is -2.38. The van der Waals surface area contributed by atoms with Crippen molar-refractivity contribution in [2.45, 2.75) is 32.6 Å². The number of carbonyl (C=O) groups is 2. The molecule has 1 aromatic heterocycles. The number of carboxylic acid groups (broad SMARTS) is 1. The van der Waals surface area contributed by atoms with E-state index in [1.807, 2.05) is 49.4 Å². The van der Waals surface area contributed by atoms with Crippen LogP contribution in [0.25, 0.3) is 5.57 Å². The Labute approximate surface area is 187 Å². The maximum Gasteiger partial charge on any atom is 0.303 e. The van der Waals surface area contributed by atoms with E-state index in [1.54, 1.807) is 18.5 Å². The lowest BCUT2D eigenvalue weighted by atomic mass is 9.97. The average molecular weight is 434 g/mol. The first-order valence-electron chi connectivity index (χ1n) is 10.4. The molecule has 166 valence electrons. The maximum absolute atomic E-state index is 11.7. The van der Waals surface area contributed by atoms with Crippen LogP contribution in [0.3, 0.4) is 0 Å². The highest BCUT2D eigenvalue weighted by molar-refractivity contribution is 6.05. The first kappa shape index (κ1) is 24.3. The number of amidine groups is 1. The van der Waals surface area contributed by atoms with E-state index in [-0.39, 0.29) is 12.3 Å². The van der Waals surface area contributed by atoms with Crippen LogP contribution < -0.4 is 11.1 Å². The molecule has 0 spiro atoms. The van der Waals surface area contributed by atoms with Gasteiger partial charge < -0.3 is 16.2 Å². The third kappa shape index (κ3) is 7.36. The summed E-state index contributed by atoms with van der Waals surface area (Å²) in [4.78, 5) is 31.2. The third-order valence-corrected chi connectivity index (χ3v) is 4.57. The van der Waals surface area contributed by atoms with Crippen LogP contribution in [0.4, 0.5) is 5.69 Å². The number of hydrogen-bond acceptors (Lipinski definition) is 5. The van der Waals surface area contributed by atoms with Gasteiger partial charge in [0.1, 0.15) is 5.84 Å². The van der Waals surface area contributed by atoms with Gasteiger partial charge in [0.15, 0.2) is 5.92 Å². The summed E-state index contributed by atoms with van der Waals surface area (Å²) in [7, 11) is 0. The van der Waals surface area contributed by atoms with Crippen molar-refractivity contribution >= 4 is 29.0 Å². The normalized spacial score (nSPS) is 12.6. The van der Waals surface area contributed by atoms with E-state index in [0.29, 0.717) is 25.1 Å². The van der Waals surface area contributed by atoms with E-state index in [9.17, 15) is 14.9 Å². The molecule has 0 saturated heterocycles. The molecule has 1 aromatic carbocycles. The van der Waals surface area contributed by atoms with Gasteiger partial charge in [0, 0.05) is 30.9 Å². The molecular formula is C24H27N5O3. The second-order valence-electron chi connectivity index (χ2n) is 7.08. The second-order valence-corrected chi connectivity index (χ2v) is 7.08. The van der Waals surface area contributed by atoms with Crippen molar-refractivity contribution in [1.82, 2.24) is 10.3 Å². The largest absolute Gasteiger partial charge is 0.481 e. The van der Waals surface area contributed by atoms with Crippen LogP contribution in [-0.4, -0.2) is 34.3 Å². The summed E-state index contributed by atoms with van der Waals surface area (Å²) >= 11 is 0. The minimum absolute atomic E-state index is 0.0935. The first-order valence-corrected chi connectivity index (χ1v) is 10.4. The van der Waals surface area contributed by atoms with Crippen molar-refractivity contribution in [2.75, 3.05) is 6.54 Å². The third-order valence-electron chi connectivity index (χ3n) is 4.57. The number of carboxylic acids is 1. The Balaban J connectivity index is 2.44. The molecule has 0 aliphatic rings. The van der Waals surface area contributed by atoms with Crippen molar-refractivity contribution in [3.05, 3.63) is 66.0 Å². The summed E-state index contributed by atoms with van der Waals surface area (Å²) in [6.45, 7) is 2.51. The smallest absolute Gasteiger partial charge is 0.303 e. The van der Waals surface area contributed by atoms with Crippen LogP contribution in [0.5, 0.6) is 0 Å². The zero-order chi connectivity index (χ0) is 23.3. The molecule has 0 aliphatic heterocycles. The summed E-state index contributed by atoms with van der Waals surface area (Å²) in [5.74, 6) is -2.55. The Morgan fingerprint density at radius 2 is 2.09 bits per heavy atom. The molecule has 1 amide bonds. The zero-order valence-corrected chi connectivity index (χ0v) is 18.0. The second kappa shape index (κ2) is 12.6. The predicted octanol–water partition coefficient (Wildman–Crippen LogP) is 3.42. The van der Waals surface area contributed by atoms with Crippen LogP contribution in [0.1, 0.15) is 43.7 Å². The van der Waals surface area contributed by atoms with E-state index in [1.165, 1.54) is 0 Å². The topological polar surface area (TPSA) is 141 Å². The summed E-state index contributed by atoms with van der Waals surface area (Å²) in [6, 6.07) is 13.0. The molecule has 0 aliphatic carbocycles. The van der Waals surface area contributed by atoms with Crippen LogP contribution >= 0.6 is 0 Å². The number of allylic oxidation sites excluding steroid dienone is 1. The lowest BCUT2D eigenvalue weighted by molar-refractivity contribution is -0.137. The van der Waals surface area contributed by atoms with Gasteiger partial charge >= 0.3 is 5.97 Å². The molecule has 1 unspecified atom stereocenters. The number of nitrogens with two attached hydrogens (primary N) is 1. The molecule has 0 bridgehead atoms. The number of unbranched alkanes of at least 4 members (excludes halogenated alkanes) is 1. The fraction of sp³-hybridized carbons (Fsp3) is 0.292. The van der Waals surface area contributed by atoms with Crippen molar-refractivity contribution in [2.24, 2.45) is 16.6 Å². The molecule has 2 rings (SSSR count). The Morgan fingerprint density at radius 3 is 2.72 bits per heavy atom. The molecular weight excluding hydrogens is 406 g/mol. The van der Waals surface area contributed by atoms with E-state index in [2.05, 4.69) is 15.3 Å². The molecule has 8 heteroatoms. The molecule has 2 aromatic rings. The number of nitriles is 1. The number of aliphatic carboxylic acids is 1. The van der Waals surface area contributed by atoms with Crippen LogP contribution in [0.2, 0.25) is 0 Å². The number of nitrogens with zero attached hydrogens (tertiary/aromatic N) is 3. The van der Waals surface area contributed by atoms with Gasteiger partial charge in [-0.05, 0) is 48.6 Å². The van der Waals surface area contributed by atoms with E-state index < -0.39 is 17.8 Å². The first-order chi connectivity index (χ1) is 15.5. The summed E-state index contributed by atoms with van der Waals surface area (Å²) in [5.41, 5.74) is 8.58. The molecule has 32 heavy (non-hydrogen) atoms. The summed E-state index contributed by atoms with van der Waals surface area (Å²) in [6.07, 6.45) is 7.41. The number of benzene rings is 1. The Morgan fingerprint density at radius 1 is 1.31 bits per heavy atom. The number of carbonyl (C=O) groups excluding carboxylic acids is 1. The van der Waals surface area contributed by atoms with Gasteiger partial charge in [0.05, 0.1) is 11.8 Å². The number of pyridine rings is 1. The van der Waals surface area contributed by atoms with Crippen LogP contribution in [-0.2, 0) is 9.59 Å². The number of hydrogen-bond donors (Lipinski definition) is 3. The molecule has 0 fully saturated rings. The number of primary amides is 1. The fourth-order valence-corrected chi connectivity index (χ4v) is 3.02.